The summed E-state index contributed by atoms with van der Waals surface area (Å²) in [5.41, 5.74) is 0. The fourth-order valence-corrected chi connectivity index (χ4v) is 1.40. The zero-order chi connectivity index (χ0) is 6.69. The van der Waals surface area contributed by atoms with E-state index >= 15 is 0 Å². The number of hydrogen-bond donors (Lipinski definition) is 1. The second kappa shape index (κ2) is 3.04. The van der Waals surface area contributed by atoms with Gasteiger partial charge in [-0.15, -0.1) is 0 Å². The van der Waals surface area contributed by atoms with E-state index in [0.717, 1.165) is 19.4 Å². The molecule has 0 amide bonds. The van der Waals surface area contributed by atoms with Gasteiger partial charge in [-0.2, -0.15) is 0 Å². The zero-order valence-corrected chi connectivity index (χ0v) is 6.08. The highest BCUT2D eigenvalue weighted by Gasteiger charge is 2.05. The van der Waals surface area contributed by atoms with E-state index in [1.807, 2.05) is 6.08 Å². The van der Waals surface area contributed by atoms with Crippen LogP contribution in [-0.4, -0.2) is 16.1 Å². The average molecular weight is 147 g/mol. The zero-order valence-electron chi connectivity index (χ0n) is 5.08. The molecular formula is C5H10NO2P. The van der Waals surface area contributed by atoms with Crippen molar-refractivity contribution in [2.24, 2.45) is 0 Å². The topological polar surface area (TPSA) is 40.5 Å². The second-order valence-electron chi connectivity index (χ2n) is 2.00. The van der Waals surface area contributed by atoms with Crippen molar-refractivity contribution in [3.05, 3.63) is 12.3 Å². The van der Waals surface area contributed by atoms with Gasteiger partial charge in [0.2, 0.25) is 0 Å². The molecule has 1 atom stereocenters. The van der Waals surface area contributed by atoms with Crippen LogP contribution in [0.1, 0.15) is 12.8 Å². The lowest BCUT2D eigenvalue weighted by Gasteiger charge is -2.18. The largest absolute Gasteiger partial charge is 0.331 e. The van der Waals surface area contributed by atoms with E-state index in [-0.39, 0.29) is 0 Å². The summed E-state index contributed by atoms with van der Waals surface area (Å²) >= 11 is 0. The van der Waals surface area contributed by atoms with Gasteiger partial charge in [-0.1, -0.05) is 6.08 Å². The van der Waals surface area contributed by atoms with Crippen LogP contribution in [0.3, 0.4) is 0 Å². The van der Waals surface area contributed by atoms with Gasteiger partial charge in [0, 0.05) is 12.7 Å². The van der Waals surface area contributed by atoms with Crippen LogP contribution in [0.2, 0.25) is 0 Å². The first-order valence-corrected chi connectivity index (χ1v) is 4.27. The second-order valence-corrected chi connectivity index (χ2v) is 3.14. The van der Waals surface area contributed by atoms with E-state index in [9.17, 15) is 4.57 Å². The molecule has 0 aliphatic carbocycles. The van der Waals surface area contributed by atoms with Crippen molar-refractivity contribution in [1.82, 2.24) is 4.67 Å². The normalized spacial score (nSPS) is 22.1. The predicted octanol–water partition coefficient (Wildman–Crippen LogP) is 0.978. The first-order valence-electron chi connectivity index (χ1n) is 2.97. The summed E-state index contributed by atoms with van der Waals surface area (Å²) in [6.07, 6.45) is 5.65. The minimum atomic E-state index is -2.44. The summed E-state index contributed by atoms with van der Waals surface area (Å²) in [5.74, 6) is 0. The number of hydrogen-bond acceptors (Lipinski definition) is 1. The third-order valence-electron chi connectivity index (χ3n) is 1.30. The monoisotopic (exact) mass is 147 g/mol. The lowest BCUT2D eigenvalue weighted by Crippen LogP contribution is -2.12. The molecule has 4 heteroatoms. The molecule has 1 aliphatic rings. The van der Waals surface area contributed by atoms with Crippen molar-refractivity contribution in [2.45, 2.75) is 12.8 Å². The highest BCUT2D eigenvalue weighted by molar-refractivity contribution is 7.35. The van der Waals surface area contributed by atoms with Crippen LogP contribution in [-0.2, 0) is 4.57 Å². The Kier molecular flexibility index (Phi) is 2.31. The van der Waals surface area contributed by atoms with E-state index in [4.69, 9.17) is 4.89 Å². The Bertz CT molecular complexity index is 146. The van der Waals surface area contributed by atoms with E-state index < -0.39 is 8.18 Å². The van der Waals surface area contributed by atoms with Crippen molar-refractivity contribution >= 4 is 8.18 Å². The molecule has 52 valence electrons. The van der Waals surface area contributed by atoms with Crippen LogP contribution in [0, 0.1) is 0 Å². The quantitative estimate of drug-likeness (QED) is 0.562. The third kappa shape index (κ3) is 1.84. The minimum absolute atomic E-state index is 0.727. The summed E-state index contributed by atoms with van der Waals surface area (Å²) in [5, 5.41) is 0. The minimum Gasteiger partial charge on any atom is -0.331 e. The van der Waals surface area contributed by atoms with E-state index in [1.54, 1.807) is 6.20 Å². The Balaban J connectivity index is 2.50. The first kappa shape index (κ1) is 6.84. The van der Waals surface area contributed by atoms with Gasteiger partial charge in [-0.05, 0) is 12.8 Å². The standard InChI is InChI=1S/C5H10NO2P/c7-9(8)6-4-2-1-3-5-6/h2,4,9H,1,3,5H2,(H,7,8). The van der Waals surface area contributed by atoms with Crippen molar-refractivity contribution in [2.75, 3.05) is 6.54 Å². The van der Waals surface area contributed by atoms with Gasteiger partial charge in [-0.25, -0.2) is 0 Å². The van der Waals surface area contributed by atoms with Gasteiger partial charge < -0.3 is 9.56 Å². The Hall–Kier alpha value is -0.270. The molecule has 0 aromatic heterocycles. The molecule has 0 saturated carbocycles. The Morgan fingerprint density at radius 2 is 2.44 bits per heavy atom. The Labute approximate surface area is 54.9 Å². The van der Waals surface area contributed by atoms with Crippen molar-refractivity contribution in [3.63, 3.8) is 0 Å². The molecule has 0 fully saturated rings. The molecular weight excluding hydrogens is 137 g/mol. The van der Waals surface area contributed by atoms with Crippen LogP contribution < -0.4 is 0 Å². The molecule has 1 N–H and O–H groups in total. The predicted molar refractivity (Wildman–Crippen MR) is 36.3 cm³/mol. The molecule has 0 saturated heterocycles. The molecule has 0 aromatic carbocycles. The third-order valence-corrected chi connectivity index (χ3v) is 2.16. The smallest absolute Gasteiger partial charge is 0.281 e. The van der Waals surface area contributed by atoms with Gasteiger partial charge in [-0.3, -0.25) is 4.57 Å². The van der Waals surface area contributed by atoms with Crippen molar-refractivity contribution in [3.8, 4) is 0 Å². The molecule has 1 unspecified atom stereocenters. The maximum absolute atomic E-state index is 10.4. The van der Waals surface area contributed by atoms with Crippen molar-refractivity contribution in [1.29, 1.82) is 0 Å². The fraction of sp³-hybridized carbons (Fsp3) is 0.600. The summed E-state index contributed by atoms with van der Waals surface area (Å²) in [6, 6.07) is 0. The molecule has 0 bridgehead atoms. The Morgan fingerprint density at radius 1 is 1.67 bits per heavy atom. The van der Waals surface area contributed by atoms with Crippen LogP contribution in [0.15, 0.2) is 12.3 Å². The van der Waals surface area contributed by atoms with Crippen LogP contribution >= 0.6 is 8.18 Å². The van der Waals surface area contributed by atoms with E-state index in [2.05, 4.69) is 0 Å². The molecule has 0 aromatic rings. The van der Waals surface area contributed by atoms with E-state index in [0.29, 0.717) is 0 Å². The average Bonchev–Trinajstić information content (AvgIpc) is 1.90. The molecule has 3 nitrogen and oxygen atoms in total. The lowest BCUT2D eigenvalue weighted by atomic mass is 10.2. The summed E-state index contributed by atoms with van der Waals surface area (Å²) in [7, 11) is -2.44. The summed E-state index contributed by atoms with van der Waals surface area (Å²) < 4.78 is 11.9. The van der Waals surface area contributed by atoms with Crippen LogP contribution in [0.4, 0.5) is 0 Å². The van der Waals surface area contributed by atoms with Crippen molar-refractivity contribution < 1.29 is 9.46 Å². The molecule has 1 aliphatic heterocycles. The number of rotatable bonds is 1. The van der Waals surface area contributed by atoms with Crippen LogP contribution in [0.5, 0.6) is 0 Å². The van der Waals surface area contributed by atoms with Gasteiger partial charge in [0.1, 0.15) is 0 Å². The number of allylic oxidation sites excluding steroid dienone is 1. The van der Waals surface area contributed by atoms with Gasteiger partial charge in [0.25, 0.3) is 8.18 Å². The lowest BCUT2D eigenvalue weighted by molar-refractivity contribution is 0.416. The molecule has 1 rings (SSSR count). The maximum Gasteiger partial charge on any atom is 0.281 e. The first-order chi connectivity index (χ1) is 4.30. The fourth-order valence-electron chi connectivity index (χ4n) is 0.815. The maximum atomic E-state index is 10.4. The van der Waals surface area contributed by atoms with Gasteiger partial charge in [0.15, 0.2) is 0 Å². The van der Waals surface area contributed by atoms with E-state index in [1.165, 1.54) is 4.67 Å². The SMILES string of the molecule is O=[PH](O)N1C=CCCC1. The molecule has 0 radical (unpaired) electrons. The summed E-state index contributed by atoms with van der Waals surface area (Å²) in [6.45, 7) is 0.727. The molecule has 0 spiro atoms. The molecule has 9 heavy (non-hydrogen) atoms. The molecule has 1 heterocycles. The summed E-state index contributed by atoms with van der Waals surface area (Å²) in [4.78, 5) is 8.60. The van der Waals surface area contributed by atoms with Crippen LogP contribution in [0.25, 0.3) is 0 Å². The highest BCUT2D eigenvalue weighted by Crippen LogP contribution is 2.24. The van der Waals surface area contributed by atoms with Gasteiger partial charge >= 0.3 is 0 Å². The van der Waals surface area contributed by atoms with Gasteiger partial charge in [0.05, 0.1) is 0 Å². The highest BCUT2D eigenvalue weighted by atomic mass is 31.1. The number of nitrogens with zero attached hydrogens (tertiary/aromatic N) is 1. The Morgan fingerprint density at radius 3 is 2.78 bits per heavy atom.